The Labute approximate surface area is 88.4 Å². The van der Waals surface area contributed by atoms with Crippen molar-refractivity contribution in [2.75, 3.05) is 26.7 Å². The van der Waals surface area contributed by atoms with Gasteiger partial charge in [0.25, 0.3) is 0 Å². The van der Waals surface area contributed by atoms with Gasteiger partial charge in [-0.3, -0.25) is 4.90 Å². The van der Waals surface area contributed by atoms with E-state index >= 15 is 0 Å². The Hall–Kier alpha value is -0.120. The van der Waals surface area contributed by atoms with Crippen molar-refractivity contribution in [1.29, 1.82) is 0 Å². The Morgan fingerprint density at radius 1 is 1.00 bits per heavy atom. The third kappa shape index (κ3) is 6.35. The fourth-order valence-electron chi connectivity index (χ4n) is 0.945. The van der Waals surface area contributed by atoms with Crippen molar-refractivity contribution < 1.29 is 9.47 Å². The molecule has 0 spiro atoms. The molecule has 3 heteroatoms. The highest BCUT2D eigenvalue weighted by molar-refractivity contribution is 4.71. The van der Waals surface area contributed by atoms with Gasteiger partial charge in [-0.05, 0) is 34.1 Å². The van der Waals surface area contributed by atoms with Gasteiger partial charge in [-0.15, -0.1) is 0 Å². The summed E-state index contributed by atoms with van der Waals surface area (Å²) >= 11 is 0. The largest absolute Gasteiger partial charge is 0.366 e. The molecule has 0 aromatic heterocycles. The molecule has 0 aromatic rings. The first-order chi connectivity index (χ1) is 6.52. The van der Waals surface area contributed by atoms with E-state index in [0.29, 0.717) is 13.5 Å². The zero-order valence-electron chi connectivity index (χ0n) is 10.3. The smallest absolute Gasteiger partial charge is 0.101 e. The summed E-state index contributed by atoms with van der Waals surface area (Å²) in [4.78, 5) is 2.19. The third-order valence-electron chi connectivity index (χ3n) is 2.00. The minimum atomic E-state index is 0.100. The van der Waals surface area contributed by atoms with E-state index in [1.807, 2.05) is 6.92 Å². The summed E-state index contributed by atoms with van der Waals surface area (Å²) in [5.41, 5.74) is 0.100. The van der Waals surface area contributed by atoms with Gasteiger partial charge in [0.2, 0.25) is 0 Å². The number of ether oxygens (including phenoxy) is 2. The molecule has 14 heavy (non-hydrogen) atoms. The molecule has 0 atom stereocenters. The van der Waals surface area contributed by atoms with Gasteiger partial charge >= 0.3 is 0 Å². The highest BCUT2D eigenvalue weighted by Gasteiger charge is 2.20. The van der Waals surface area contributed by atoms with Crippen LogP contribution in [0.3, 0.4) is 0 Å². The zero-order chi connectivity index (χ0) is 11.0. The lowest BCUT2D eigenvalue weighted by atomic mass is 10.1. The van der Waals surface area contributed by atoms with Crippen molar-refractivity contribution in [1.82, 2.24) is 4.90 Å². The Morgan fingerprint density at radius 3 is 2.00 bits per heavy atom. The molecule has 86 valence electrons. The highest BCUT2D eigenvalue weighted by atomic mass is 16.5. The Balaban J connectivity index is 3.85. The Morgan fingerprint density at radius 2 is 1.57 bits per heavy atom. The van der Waals surface area contributed by atoms with E-state index in [1.54, 1.807) is 0 Å². The molecule has 0 heterocycles. The summed E-state index contributed by atoms with van der Waals surface area (Å²) < 4.78 is 10.9. The van der Waals surface area contributed by atoms with Crippen LogP contribution in [0, 0.1) is 0 Å². The average Bonchev–Trinajstić information content (AvgIpc) is 2.09. The van der Waals surface area contributed by atoms with Gasteiger partial charge in [-0.2, -0.15) is 0 Å². The van der Waals surface area contributed by atoms with Crippen LogP contribution in [-0.4, -0.2) is 37.1 Å². The molecule has 0 N–H and O–H groups in total. The fourth-order valence-corrected chi connectivity index (χ4v) is 0.945. The molecule has 0 unspecified atom stereocenters. The van der Waals surface area contributed by atoms with Crippen LogP contribution in [0.25, 0.3) is 0 Å². The lowest BCUT2D eigenvalue weighted by Crippen LogP contribution is -2.44. The van der Waals surface area contributed by atoms with Crippen molar-refractivity contribution in [3.05, 3.63) is 0 Å². The molecule has 0 aliphatic carbocycles. The van der Waals surface area contributed by atoms with E-state index < -0.39 is 0 Å². The Bertz CT molecular complexity index is 132. The number of hydrogen-bond acceptors (Lipinski definition) is 3. The Kier molecular flexibility index (Phi) is 7.15. The number of nitrogens with zero attached hydrogens (tertiary/aromatic N) is 1. The van der Waals surface area contributed by atoms with E-state index in [4.69, 9.17) is 9.47 Å². The first-order valence-electron chi connectivity index (χ1n) is 5.42. The topological polar surface area (TPSA) is 21.7 Å². The molecular weight excluding hydrogens is 178 g/mol. The predicted octanol–water partition coefficient (Wildman–Crippen LogP) is 2.47. The van der Waals surface area contributed by atoms with Crippen molar-refractivity contribution >= 4 is 0 Å². The number of rotatable bonds is 7. The lowest BCUT2D eigenvalue weighted by Gasteiger charge is -2.34. The summed E-state index contributed by atoms with van der Waals surface area (Å²) in [6, 6.07) is 0. The fraction of sp³-hybridized carbons (Fsp3) is 1.00. The van der Waals surface area contributed by atoms with Crippen LogP contribution in [0.1, 0.15) is 41.0 Å². The minimum Gasteiger partial charge on any atom is -0.366 e. The van der Waals surface area contributed by atoms with Crippen LogP contribution >= 0.6 is 0 Å². The normalized spacial score (nSPS) is 12.4. The van der Waals surface area contributed by atoms with Gasteiger partial charge < -0.3 is 9.47 Å². The van der Waals surface area contributed by atoms with Crippen LogP contribution < -0.4 is 0 Å². The quantitative estimate of drug-likeness (QED) is 0.468. The third-order valence-corrected chi connectivity index (χ3v) is 2.00. The van der Waals surface area contributed by atoms with Crippen molar-refractivity contribution in [3.63, 3.8) is 0 Å². The van der Waals surface area contributed by atoms with Crippen LogP contribution in [-0.2, 0) is 9.47 Å². The van der Waals surface area contributed by atoms with Crippen molar-refractivity contribution in [2.45, 2.75) is 46.6 Å². The highest BCUT2D eigenvalue weighted by Crippen LogP contribution is 2.12. The molecule has 0 aliphatic heterocycles. The molecule has 0 rings (SSSR count). The molecule has 0 fully saturated rings. The van der Waals surface area contributed by atoms with Crippen LogP contribution in [0.4, 0.5) is 0 Å². The SMILES string of the molecule is CCCOCN(COCC)C(C)(C)C. The van der Waals surface area contributed by atoms with Gasteiger partial charge in [0.05, 0.1) is 0 Å². The maximum Gasteiger partial charge on any atom is 0.101 e. The lowest BCUT2D eigenvalue weighted by molar-refractivity contribution is -0.0835. The standard InChI is InChI=1S/C11H25NO2/c1-6-8-14-10-12(9-13-7-2)11(3,4)5/h6-10H2,1-5H3. The van der Waals surface area contributed by atoms with E-state index in [2.05, 4.69) is 32.6 Å². The van der Waals surface area contributed by atoms with Crippen LogP contribution in [0.5, 0.6) is 0 Å². The minimum absolute atomic E-state index is 0.100. The number of hydrogen-bond donors (Lipinski definition) is 0. The van der Waals surface area contributed by atoms with Crippen LogP contribution in [0.15, 0.2) is 0 Å². The first-order valence-corrected chi connectivity index (χ1v) is 5.42. The predicted molar refractivity (Wildman–Crippen MR) is 59.2 cm³/mol. The summed E-state index contributed by atoms with van der Waals surface area (Å²) in [7, 11) is 0. The van der Waals surface area contributed by atoms with Crippen molar-refractivity contribution in [2.24, 2.45) is 0 Å². The molecule has 0 aromatic carbocycles. The molecule has 0 saturated heterocycles. The van der Waals surface area contributed by atoms with Gasteiger partial charge in [0, 0.05) is 18.8 Å². The van der Waals surface area contributed by atoms with Crippen LogP contribution in [0.2, 0.25) is 0 Å². The second-order valence-electron chi connectivity index (χ2n) is 4.37. The molecule has 0 amide bonds. The molecule has 0 bridgehead atoms. The van der Waals surface area contributed by atoms with Gasteiger partial charge in [-0.25, -0.2) is 0 Å². The van der Waals surface area contributed by atoms with E-state index in [0.717, 1.165) is 19.6 Å². The van der Waals surface area contributed by atoms with Gasteiger partial charge in [-0.1, -0.05) is 6.92 Å². The van der Waals surface area contributed by atoms with E-state index in [-0.39, 0.29) is 5.54 Å². The second-order valence-corrected chi connectivity index (χ2v) is 4.37. The summed E-state index contributed by atoms with van der Waals surface area (Å²) in [6.07, 6.45) is 1.06. The average molecular weight is 203 g/mol. The summed E-state index contributed by atoms with van der Waals surface area (Å²) in [5.74, 6) is 0. The van der Waals surface area contributed by atoms with E-state index in [9.17, 15) is 0 Å². The van der Waals surface area contributed by atoms with Crippen molar-refractivity contribution in [3.8, 4) is 0 Å². The van der Waals surface area contributed by atoms with Gasteiger partial charge in [0.15, 0.2) is 0 Å². The molecule has 0 aliphatic rings. The summed E-state index contributed by atoms with van der Waals surface area (Å²) in [5, 5.41) is 0. The molecule has 0 saturated carbocycles. The summed E-state index contributed by atoms with van der Waals surface area (Å²) in [6.45, 7) is 13.5. The molecule has 3 nitrogen and oxygen atoms in total. The monoisotopic (exact) mass is 203 g/mol. The maximum atomic E-state index is 5.51. The maximum absolute atomic E-state index is 5.51. The van der Waals surface area contributed by atoms with E-state index in [1.165, 1.54) is 0 Å². The second kappa shape index (κ2) is 7.21. The zero-order valence-corrected chi connectivity index (χ0v) is 10.3. The molecular formula is C11H25NO2. The van der Waals surface area contributed by atoms with Gasteiger partial charge in [0.1, 0.15) is 13.5 Å². The molecule has 0 radical (unpaired) electrons. The first kappa shape index (κ1) is 13.9.